The van der Waals surface area contributed by atoms with Gasteiger partial charge in [-0.1, -0.05) is 6.42 Å². The summed E-state index contributed by atoms with van der Waals surface area (Å²) in [6.07, 6.45) is 6.54. The molecule has 0 aliphatic heterocycles. The Morgan fingerprint density at radius 3 is 2.88 bits per heavy atom. The van der Waals surface area contributed by atoms with Gasteiger partial charge in [0.25, 0.3) is 5.91 Å². The van der Waals surface area contributed by atoms with Crippen LogP contribution < -0.4 is 5.32 Å². The van der Waals surface area contributed by atoms with Gasteiger partial charge in [0.05, 0.1) is 11.8 Å². The number of rotatable bonds is 4. The van der Waals surface area contributed by atoms with E-state index >= 15 is 0 Å². The Hall–Kier alpha value is -2.59. The molecule has 1 amide bonds. The summed E-state index contributed by atoms with van der Waals surface area (Å²) in [7, 11) is 0. The zero-order valence-electron chi connectivity index (χ0n) is 13.9. The van der Waals surface area contributed by atoms with Gasteiger partial charge in [-0.05, 0) is 44.2 Å². The van der Waals surface area contributed by atoms with Gasteiger partial charge in [0.1, 0.15) is 22.4 Å². The highest BCUT2D eigenvalue weighted by Crippen LogP contribution is 2.36. The second-order valence-corrected chi connectivity index (χ2v) is 7.00. The van der Waals surface area contributed by atoms with Crippen LogP contribution in [0.25, 0.3) is 0 Å². The zero-order chi connectivity index (χ0) is 17.8. The van der Waals surface area contributed by atoms with Crippen molar-refractivity contribution in [1.82, 2.24) is 0 Å². The first-order valence-corrected chi connectivity index (χ1v) is 8.97. The van der Waals surface area contributed by atoms with Crippen LogP contribution in [0.5, 0.6) is 0 Å². The molecule has 7 heteroatoms. The monoisotopic (exact) mass is 358 g/mol. The largest absolute Gasteiger partial charge is 0.469 e. The Kier molecular flexibility index (Phi) is 5.19. The SMILES string of the molecule is Cc1occc1C(=O)OCC(=O)Nc1sc2c(c1C#N)CCCCC2. The molecule has 25 heavy (non-hydrogen) atoms. The molecule has 1 aliphatic carbocycles. The van der Waals surface area contributed by atoms with Crippen molar-refractivity contribution in [1.29, 1.82) is 5.26 Å². The molecule has 0 radical (unpaired) electrons. The van der Waals surface area contributed by atoms with E-state index in [1.165, 1.54) is 28.5 Å². The van der Waals surface area contributed by atoms with Crippen molar-refractivity contribution in [2.24, 2.45) is 0 Å². The molecule has 130 valence electrons. The van der Waals surface area contributed by atoms with E-state index in [9.17, 15) is 14.9 Å². The van der Waals surface area contributed by atoms with Gasteiger partial charge in [-0.25, -0.2) is 4.79 Å². The number of aryl methyl sites for hydroxylation is 2. The normalized spacial score (nSPS) is 13.4. The van der Waals surface area contributed by atoms with E-state index in [1.54, 1.807) is 6.92 Å². The summed E-state index contributed by atoms with van der Waals surface area (Å²) in [6, 6.07) is 3.71. The maximum Gasteiger partial charge on any atom is 0.342 e. The summed E-state index contributed by atoms with van der Waals surface area (Å²) in [5, 5.41) is 12.7. The van der Waals surface area contributed by atoms with Gasteiger partial charge in [-0.3, -0.25) is 4.79 Å². The fourth-order valence-corrected chi connectivity index (χ4v) is 4.17. The van der Waals surface area contributed by atoms with E-state index in [2.05, 4.69) is 11.4 Å². The molecule has 0 unspecified atom stereocenters. The number of nitrogens with one attached hydrogen (secondary N) is 1. The predicted octanol–water partition coefficient (Wildman–Crippen LogP) is 3.59. The molecule has 3 rings (SSSR count). The number of hydrogen-bond acceptors (Lipinski definition) is 6. The van der Waals surface area contributed by atoms with Crippen LogP contribution in [-0.2, 0) is 22.4 Å². The molecule has 6 nitrogen and oxygen atoms in total. The first-order valence-electron chi connectivity index (χ1n) is 8.16. The number of furan rings is 1. The second kappa shape index (κ2) is 7.53. The van der Waals surface area contributed by atoms with E-state index in [4.69, 9.17) is 9.15 Å². The van der Waals surface area contributed by atoms with Crippen LogP contribution in [-0.4, -0.2) is 18.5 Å². The molecule has 0 bridgehead atoms. The first-order chi connectivity index (χ1) is 12.1. The highest BCUT2D eigenvalue weighted by atomic mass is 32.1. The molecule has 2 heterocycles. The fraction of sp³-hybridized carbons (Fsp3) is 0.389. The van der Waals surface area contributed by atoms with Gasteiger partial charge in [0.2, 0.25) is 0 Å². The van der Waals surface area contributed by atoms with Crippen molar-refractivity contribution in [2.45, 2.75) is 39.0 Å². The Labute approximate surface area is 149 Å². The number of carbonyl (C=O) groups is 2. The number of esters is 1. The van der Waals surface area contributed by atoms with Gasteiger partial charge in [-0.15, -0.1) is 11.3 Å². The molecule has 0 aromatic carbocycles. The number of hydrogen-bond donors (Lipinski definition) is 1. The van der Waals surface area contributed by atoms with Gasteiger partial charge < -0.3 is 14.5 Å². The average Bonchev–Trinajstić information content (AvgIpc) is 3.08. The number of thiophene rings is 1. The number of anilines is 1. The molecule has 0 saturated carbocycles. The van der Waals surface area contributed by atoms with Crippen molar-refractivity contribution in [3.8, 4) is 6.07 Å². The number of carbonyl (C=O) groups excluding carboxylic acids is 2. The number of ether oxygens (including phenoxy) is 1. The Morgan fingerprint density at radius 1 is 1.36 bits per heavy atom. The average molecular weight is 358 g/mol. The maximum atomic E-state index is 12.1. The summed E-state index contributed by atoms with van der Waals surface area (Å²) in [5.41, 5.74) is 1.91. The van der Waals surface area contributed by atoms with Gasteiger partial charge in [0, 0.05) is 4.88 Å². The van der Waals surface area contributed by atoms with Crippen molar-refractivity contribution in [2.75, 3.05) is 11.9 Å². The van der Waals surface area contributed by atoms with Gasteiger partial charge in [-0.2, -0.15) is 5.26 Å². The van der Waals surface area contributed by atoms with Crippen LogP contribution in [0, 0.1) is 18.3 Å². The minimum Gasteiger partial charge on any atom is -0.469 e. The number of nitrogens with zero attached hydrogens (tertiary/aromatic N) is 1. The standard InChI is InChI=1S/C18H18N2O4S/c1-11-12(7-8-23-11)18(22)24-10-16(21)20-17-14(9-19)13-5-3-2-4-6-15(13)25-17/h7-8H,2-6,10H2,1H3,(H,20,21). The molecule has 1 N–H and O–H groups in total. The minimum atomic E-state index is -0.608. The van der Waals surface area contributed by atoms with Crippen molar-refractivity contribution in [3.63, 3.8) is 0 Å². The molecular weight excluding hydrogens is 340 g/mol. The van der Waals surface area contributed by atoms with Crippen LogP contribution in [0.1, 0.15) is 51.4 Å². The van der Waals surface area contributed by atoms with Crippen LogP contribution >= 0.6 is 11.3 Å². The molecule has 0 saturated heterocycles. The molecule has 2 aromatic rings. The van der Waals surface area contributed by atoms with E-state index in [1.807, 2.05) is 0 Å². The van der Waals surface area contributed by atoms with Gasteiger partial charge in [0.15, 0.2) is 6.61 Å². The Morgan fingerprint density at radius 2 is 2.16 bits per heavy atom. The van der Waals surface area contributed by atoms with E-state index in [0.29, 0.717) is 21.9 Å². The second-order valence-electron chi connectivity index (χ2n) is 5.90. The highest BCUT2D eigenvalue weighted by Gasteiger charge is 2.21. The maximum absolute atomic E-state index is 12.1. The fourth-order valence-electron chi connectivity index (χ4n) is 2.92. The Balaban J connectivity index is 1.64. The lowest BCUT2D eigenvalue weighted by atomic mass is 10.1. The number of fused-ring (bicyclic) bond motifs is 1. The Bertz CT molecular complexity index is 844. The smallest absolute Gasteiger partial charge is 0.342 e. The highest BCUT2D eigenvalue weighted by molar-refractivity contribution is 7.16. The summed E-state index contributed by atoms with van der Waals surface area (Å²) in [4.78, 5) is 25.2. The minimum absolute atomic E-state index is 0.299. The van der Waals surface area contributed by atoms with E-state index < -0.39 is 18.5 Å². The molecule has 1 aliphatic rings. The first kappa shape index (κ1) is 17.2. The summed E-state index contributed by atoms with van der Waals surface area (Å²) < 4.78 is 10.0. The van der Waals surface area contributed by atoms with E-state index in [0.717, 1.165) is 37.7 Å². The zero-order valence-corrected chi connectivity index (χ0v) is 14.7. The molecule has 0 atom stereocenters. The third-order valence-corrected chi connectivity index (χ3v) is 5.41. The van der Waals surface area contributed by atoms with Crippen LogP contribution in [0.3, 0.4) is 0 Å². The third kappa shape index (κ3) is 3.74. The van der Waals surface area contributed by atoms with E-state index in [-0.39, 0.29) is 0 Å². The summed E-state index contributed by atoms with van der Waals surface area (Å²) >= 11 is 1.45. The van der Waals surface area contributed by atoms with Gasteiger partial charge >= 0.3 is 5.97 Å². The lowest BCUT2D eigenvalue weighted by Crippen LogP contribution is -2.21. The molecular formula is C18H18N2O4S. The predicted molar refractivity (Wildman–Crippen MR) is 92.7 cm³/mol. The molecule has 2 aromatic heterocycles. The quantitative estimate of drug-likeness (QED) is 0.666. The lowest BCUT2D eigenvalue weighted by molar-refractivity contribution is -0.119. The summed E-state index contributed by atoms with van der Waals surface area (Å²) in [5.74, 6) is -0.620. The van der Waals surface area contributed by atoms with Crippen LogP contribution in [0.2, 0.25) is 0 Å². The number of nitriles is 1. The van der Waals surface area contributed by atoms with Crippen LogP contribution in [0.4, 0.5) is 5.00 Å². The van der Waals surface area contributed by atoms with Crippen LogP contribution in [0.15, 0.2) is 16.7 Å². The number of amides is 1. The molecule has 0 spiro atoms. The lowest BCUT2D eigenvalue weighted by Gasteiger charge is -2.05. The topological polar surface area (TPSA) is 92.3 Å². The molecule has 0 fully saturated rings. The summed E-state index contributed by atoms with van der Waals surface area (Å²) in [6.45, 7) is 1.24. The van der Waals surface area contributed by atoms with Crippen molar-refractivity contribution < 1.29 is 18.7 Å². The third-order valence-electron chi connectivity index (χ3n) is 4.20. The van der Waals surface area contributed by atoms with Crippen molar-refractivity contribution >= 4 is 28.2 Å². The van der Waals surface area contributed by atoms with Crippen molar-refractivity contribution in [3.05, 3.63) is 39.7 Å².